The van der Waals surface area contributed by atoms with E-state index < -0.39 is 17.6 Å². The minimum absolute atomic E-state index is 0.134. The Kier molecular flexibility index (Phi) is 7.33. The van der Waals surface area contributed by atoms with Crippen LogP contribution in [-0.4, -0.2) is 27.2 Å². The topological polar surface area (TPSA) is 85.2 Å². The Hall–Kier alpha value is -3.87. The molecular weight excluding hydrogens is 416 g/mol. The van der Waals surface area contributed by atoms with Gasteiger partial charge in [0, 0.05) is 12.2 Å². The summed E-state index contributed by atoms with van der Waals surface area (Å²) in [6.07, 6.45) is 1.90. The minimum Gasteiger partial charge on any atom is -0.455 e. The van der Waals surface area contributed by atoms with Crippen molar-refractivity contribution < 1.29 is 14.3 Å². The molecular formula is C26H30N4O3. The lowest BCUT2D eigenvalue weighted by Gasteiger charge is -2.21. The molecule has 33 heavy (non-hydrogen) atoms. The monoisotopic (exact) mass is 446 g/mol. The molecule has 2 N–H and O–H groups in total. The number of rotatable bonds is 6. The normalized spacial score (nSPS) is 11.7. The fourth-order valence-electron chi connectivity index (χ4n) is 3.17. The number of nitrogens with one attached hydrogen (secondary N) is 2. The van der Waals surface area contributed by atoms with Gasteiger partial charge < -0.3 is 10.1 Å². The Morgan fingerprint density at radius 2 is 1.64 bits per heavy atom. The van der Waals surface area contributed by atoms with Gasteiger partial charge in [0.1, 0.15) is 11.4 Å². The van der Waals surface area contributed by atoms with E-state index >= 15 is 0 Å². The molecule has 0 fully saturated rings. The van der Waals surface area contributed by atoms with Crippen LogP contribution in [0.2, 0.25) is 0 Å². The minimum atomic E-state index is -0.717. The van der Waals surface area contributed by atoms with Crippen molar-refractivity contribution in [1.82, 2.24) is 14.9 Å². The van der Waals surface area contributed by atoms with Gasteiger partial charge in [-0.15, -0.1) is 0 Å². The summed E-state index contributed by atoms with van der Waals surface area (Å²) in [5, 5.41) is 5.55. The van der Waals surface area contributed by atoms with E-state index in [1.165, 1.54) is 0 Å². The number of benzene rings is 2. The summed E-state index contributed by atoms with van der Waals surface area (Å²) in [5.41, 5.74) is 1.98. The van der Waals surface area contributed by atoms with Crippen LogP contribution in [0.4, 0.5) is 10.6 Å². The molecule has 7 heteroatoms. The quantitative estimate of drug-likeness (QED) is 0.485. The zero-order valence-electron chi connectivity index (χ0n) is 19.7. The van der Waals surface area contributed by atoms with Crippen molar-refractivity contribution in [2.45, 2.75) is 46.8 Å². The number of carbonyl (C=O) groups excluding carboxylic acids is 2. The molecule has 3 rings (SSSR count). The first-order valence-electron chi connectivity index (χ1n) is 10.8. The van der Waals surface area contributed by atoms with Gasteiger partial charge >= 0.3 is 12.0 Å². The number of esters is 1. The Bertz CT molecular complexity index is 1140. The molecule has 0 radical (unpaired) electrons. The third-order valence-electron chi connectivity index (χ3n) is 4.80. The average molecular weight is 447 g/mol. The largest absolute Gasteiger partial charge is 0.455 e. The van der Waals surface area contributed by atoms with E-state index in [0.29, 0.717) is 12.4 Å². The van der Waals surface area contributed by atoms with Gasteiger partial charge in [-0.3, -0.25) is 9.88 Å². The number of para-hydroxylation sites is 1. The molecule has 1 heterocycles. The number of carbonyl (C=O) groups is 2. The van der Waals surface area contributed by atoms with Gasteiger partial charge in [0.25, 0.3) is 0 Å². The van der Waals surface area contributed by atoms with Crippen LogP contribution in [0.15, 0.2) is 66.7 Å². The highest BCUT2D eigenvalue weighted by molar-refractivity contribution is 6.00. The zero-order valence-corrected chi connectivity index (χ0v) is 19.7. The Morgan fingerprint density at radius 1 is 1.03 bits per heavy atom. The molecule has 3 aromatic rings. The number of hydrogen-bond donors (Lipinski definition) is 2. The van der Waals surface area contributed by atoms with Gasteiger partial charge in [0.2, 0.25) is 0 Å². The third-order valence-corrected chi connectivity index (χ3v) is 4.80. The van der Waals surface area contributed by atoms with Crippen LogP contribution in [0, 0.1) is 0 Å². The number of aromatic nitrogens is 2. The van der Waals surface area contributed by atoms with Crippen molar-refractivity contribution >= 4 is 23.4 Å². The van der Waals surface area contributed by atoms with Gasteiger partial charge in [0.15, 0.2) is 11.5 Å². The maximum absolute atomic E-state index is 13.3. The lowest BCUT2D eigenvalue weighted by atomic mass is 10.2. The van der Waals surface area contributed by atoms with Gasteiger partial charge in [-0.05, 0) is 57.9 Å². The van der Waals surface area contributed by atoms with E-state index in [1.807, 2.05) is 80.6 Å². The van der Waals surface area contributed by atoms with Crippen LogP contribution < -0.4 is 10.6 Å². The van der Waals surface area contributed by atoms with E-state index in [-0.39, 0.29) is 11.5 Å². The number of imidazole rings is 1. The predicted octanol–water partition coefficient (Wildman–Crippen LogP) is 5.57. The number of urea groups is 1. The standard InChI is InChI=1S/C26H30N4O3/c1-6-18(2)23-28-22(29-25(32)27-17-19-13-9-7-10-14-19)21(24(31)33-26(3,4)5)30(23)20-15-11-8-12-16-20/h6-16H,17H2,1-5H3,(H2,27,29,32)/b18-6-. The molecule has 0 unspecified atom stereocenters. The SMILES string of the molecule is C/C=C(/C)c1nc(NC(=O)NCc2ccccc2)c(C(=O)OC(C)(C)C)n1-c1ccccc1. The maximum Gasteiger partial charge on any atom is 0.359 e. The molecule has 0 saturated heterocycles. The lowest BCUT2D eigenvalue weighted by molar-refractivity contribution is 0.00617. The summed E-state index contributed by atoms with van der Waals surface area (Å²) in [7, 11) is 0. The molecule has 172 valence electrons. The predicted molar refractivity (Wildman–Crippen MR) is 130 cm³/mol. The van der Waals surface area contributed by atoms with Crippen LogP contribution in [0.25, 0.3) is 11.3 Å². The Labute approximate surface area is 194 Å². The number of ether oxygens (including phenoxy) is 1. The molecule has 2 amide bonds. The van der Waals surface area contributed by atoms with Gasteiger partial charge in [-0.2, -0.15) is 0 Å². The van der Waals surface area contributed by atoms with Crippen LogP contribution >= 0.6 is 0 Å². The second kappa shape index (κ2) is 10.2. The van der Waals surface area contributed by atoms with E-state index in [0.717, 1.165) is 16.8 Å². The Balaban J connectivity index is 2.03. The van der Waals surface area contributed by atoms with Crippen LogP contribution in [0.3, 0.4) is 0 Å². The van der Waals surface area contributed by atoms with Gasteiger partial charge in [-0.1, -0.05) is 54.6 Å². The smallest absolute Gasteiger partial charge is 0.359 e. The summed E-state index contributed by atoms with van der Waals surface area (Å²) >= 11 is 0. The highest BCUT2D eigenvalue weighted by atomic mass is 16.6. The molecule has 0 bridgehead atoms. The van der Waals surface area contributed by atoms with E-state index in [1.54, 1.807) is 25.3 Å². The summed E-state index contributed by atoms with van der Waals surface area (Å²) in [4.78, 5) is 30.6. The van der Waals surface area contributed by atoms with E-state index in [9.17, 15) is 9.59 Å². The van der Waals surface area contributed by atoms with Crippen molar-refractivity contribution in [3.63, 3.8) is 0 Å². The summed E-state index contributed by atoms with van der Waals surface area (Å²) in [6.45, 7) is 9.53. The van der Waals surface area contributed by atoms with Crippen molar-refractivity contribution in [2.75, 3.05) is 5.32 Å². The first-order valence-corrected chi connectivity index (χ1v) is 10.8. The van der Waals surface area contributed by atoms with Gasteiger partial charge in [-0.25, -0.2) is 14.6 Å². The molecule has 0 aliphatic carbocycles. The molecule has 0 aliphatic heterocycles. The van der Waals surface area contributed by atoms with Crippen LogP contribution in [0.1, 0.15) is 56.5 Å². The van der Waals surface area contributed by atoms with Gasteiger partial charge in [0.05, 0.1) is 0 Å². The number of anilines is 1. The fraction of sp³-hybridized carbons (Fsp3) is 0.269. The number of amides is 2. The first kappa shape index (κ1) is 23.8. The Morgan fingerprint density at radius 3 is 2.21 bits per heavy atom. The van der Waals surface area contributed by atoms with Crippen LogP contribution in [0.5, 0.6) is 0 Å². The highest BCUT2D eigenvalue weighted by Crippen LogP contribution is 2.28. The lowest BCUT2D eigenvalue weighted by Crippen LogP contribution is -2.30. The molecule has 0 aliphatic rings. The fourth-order valence-corrected chi connectivity index (χ4v) is 3.17. The van der Waals surface area contributed by atoms with Crippen molar-refractivity contribution in [2.24, 2.45) is 0 Å². The number of allylic oxidation sites excluding steroid dienone is 2. The second-order valence-corrected chi connectivity index (χ2v) is 8.57. The summed E-state index contributed by atoms with van der Waals surface area (Å²) < 4.78 is 7.39. The molecule has 0 saturated carbocycles. The van der Waals surface area contributed by atoms with E-state index in [2.05, 4.69) is 15.6 Å². The summed E-state index contributed by atoms with van der Waals surface area (Å²) in [5.74, 6) is 0.102. The molecule has 0 spiro atoms. The van der Waals surface area contributed by atoms with Crippen molar-refractivity contribution in [1.29, 1.82) is 0 Å². The average Bonchev–Trinajstić information content (AvgIpc) is 3.16. The highest BCUT2D eigenvalue weighted by Gasteiger charge is 2.29. The molecule has 7 nitrogen and oxygen atoms in total. The number of hydrogen-bond acceptors (Lipinski definition) is 4. The van der Waals surface area contributed by atoms with Crippen molar-refractivity contribution in [3.05, 3.63) is 83.8 Å². The van der Waals surface area contributed by atoms with Crippen molar-refractivity contribution in [3.8, 4) is 5.69 Å². The zero-order chi connectivity index (χ0) is 24.0. The first-order chi connectivity index (χ1) is 15.7. The summed E-state index contributed by atoms with van der Waals surface area (Å²) in [6, 6.07) is 18.5. The van der Waals surface area contributed by atoms with E-state index in [4.69, 9.17) is 4.74 Å². The maximum atomic E-state index is 13.3. The second-order valence-electron chi connectivity index (χ2n) is 8.57. The molecule has 0 atom stereocenters. The number of nitrogens with zero attached hydrogens (tertiary/aromatic N) is 2. The van der Waals surface area contributed by atoms with Crippen LogP contribution in [-0.2, 0) is 11.3 Å². The molecule has 2 aromatic carbocycles. The third kappa shape index (κ3) is 6.10. The molecule has 1 aromatic heterocycles.